The Hall–Kier alpha value is -1.85. The second-order valence-corrected chi connectivity index (χ2v) is 24.7. The lowest BCUT2D eigenvalue weighted by Gasteiger charge is -2.40. The summed E-state index contributed by atoms with van der Waals surface area (Å²) in [4.78, 5) is 13.1. The van der Waals surface area contributed by atoms with Crippen molar-refractivity contribution in [2.45, 2.75) is 391 Å². The predicted molar refractivity (Wildman–Crippen MR) is 346 cm³/mol. The number of carbonyl (C=O) groups is 1. The van der Waals surface area contributed by atoms with Crippen molar-refractivity contribution in [3.05, 3.63) is 48.6 Å². The van der Waals surface area contributed by atoms with Crippen LogP contribution >= 0.6 is 0 Å². The summed E-state index contributed by atoms with van der Waals surface area (Å²) in [5.41, 5.74) is 0. The van der Waals surface area contributed by atoms with Gasteiger partial charge in [0.1, 0.15) is 24.4 Å². The molecule has 0 aliphatic carbocycles. The highest BCUT2D eigenvalue weighted by Crippen LogP contribution is 2.23. The van der Waals surface area contributed by atoms with Crippen LogP contribution in [0.2, 0.25) is 0 Å². The minimum Gasteiger partial charge on any atom is -0.394 e. The molecule has 1 fully saturated rings. The van der Waals surface area contributed by atoms with E-state index in [0.29, 0.717) is 6.42 Å². The van der Waals surface area contributed by atoms with Crippen LogP contribution < -0.4 is 5.32 Å². The maximum atomic E-state index is 13.1. The van der Waals surface area contributed by atoms with Crippen molar-refractivity contribution in [3.63, 3.8) is 0 Å². The molecular weight excluding hydrogens is 1010 g/mol. The van der Waals surface area contributed by atoms with E-state index in [-0.39, 0.29) is 12.5 Å². The van der Waals surface area contributed by atoms with E-state index in [1.807, 2.05) is 6.08 Å². The molecule has 9 heteroatoms. The van der Waals surface area contributed by atoms with E-state index in [0.717, 1.165) is 51.4 Å². The van der Waals surface area contributed by atoms with Gasteiger partial charge in [-0.2, -0.15) is 0 Å². The molecule has 7 unspecified atom stereocenters. The molecule has 0 aromatic rings. The first-order valence-electron chi connectivity index (χ1n) is 35.4. The van der Waals surface area contributed by atoms with E-state index in [2.05, 4.69) is 55.6 Å². The Balaban J connectivity index is 2.13. The Labute approximate surface area is 501 Å². The molecule has 0 saturated carbocycles. The van der Waals surface area contributed by atoms with Crippen molar-refractivity contribution in [3.8, 4) is 0 Å². The van der Waals surface area contributed by atoms with Crippen LogP contribution in [0.5, 0.6) is 0 Å². The molecule has 0 aromatic carbocycles. The topological polar surface area (TPSA) is 149 Å². The van der Waals surface area contributed by atoms with Gasteiger partial charge in [-0.05, 0) is 57.8 Å². The molecule has 1 rings (SSSR count). The number of amides is 1. The second-order valence-electron chi connectivity index (χ2n) is 24.7. The van der Waals surface area contributed by atoms with Gasteiger partial charge in [-0.1, -0.05) is 332 Å². The average molecular weight is 1140 g/mol. The number of hydrogen-bond donors (Lipinski definition) is 6. The zero-order chi connectivity index (χ0) is 58.6. The number of hydrogen-bond acceptors (Lipinski definition) is 8. The van der Waals surface area contributed by atoms with E-state index >= 15 is 0 Å². The minimum absolute atomic E-state index is 0.172. The molecule has 9 nitrogen and oxygen atoms in total. The molecular formula is C72H135NO8. The van der Waals surface area contributed by atoms with Gasteiger partial charge in [0, 0.05) is 6.42 Å². The van der Waals surface area contributed by atoms with Gasteiger partial charge in [0.15, 0.2) is 6.29 Å². The zero-order valence-corrected chi connectivity index (χ0v) is 53.3. The van der Waals surface area contributed by atoms with E-state index in [9.17, 15) is 30.3 Å². The number of rotatable bonds is 62. The third-order valence-corrected chi connectivity index (χ3v) is 16.9. The summed E-state index contributed by atoms with van der Waals surface area (Å²) >= 11 is 0. The fourth-order valence-corrected chi connectivity index (χ4v) is 11.3. The van der Waals surface area contributed by atoms with Gasteiger partial charge in [-0.15, -0.1) is 0 Å². The highest BCUT2D eigenvalue weighted by Gasteiger charge is 2.44. The minimum atomic E-state index is -1.57. The van der Waals surface area contributed by atoms with Gasteiger partial charge in [-0.25, -0.2) is 0 Å². The fraction of sp³-hybridized carbons (Fsp3) is 0.875. The summed E-state index contributed by atoms with van der Waals surface area (Å²) in [6.45, 7) is 3.82. The molecule has 476 valence electrons. The maximum absolute atomic E-state index is 13.1. The van der Waals surface area contributed by atoms with Crippen LogP contribution in [0.1, 0.15) is 348 Å². The SMILES string of the molecule is CCCCCCC/C=C\C/C=C\C/C=C\CCCCCCCCCCCCCCCCCCC(=O)NC(COC1OC(CO)C(O)C(O)C1O)C(O)/C=C/CCCCCCCCCCCCCCCCCCCCCCCCCCC. The Morgan fingerprint density at radius 2 is 0.728 bits per heavy atom. The van der Waals surface area contributed by atoms with Crippen LogP contribution in [0.25, 0.3) is 0 Å². The Morgan fingerprint density at radius 3 is 1.07 bits per heavy atom. The van der Waals surface area contributed by atoms with Gasteiger partial charge in [0.2, 0.25) is 5.91 Å². The van der Waals surface area contributed by atoms with Crippen LogP contribution in [-0.2, 0) is 14.3 Å². The summed E-state index contributed by atoms with van der Waals surface area (Å²) < 4.78 is 11.3. The largest absolute Gasteiger partial charge is 0.394 e. The standard InChI is InChI=1S/C72H135NO8/c1-3-5-7-9-11-13-15-17-19-21-23-25-27-29-31-32-33-34-36-38-40-42-44-46-48-50-52-54-56-58-60-62-68(76)73-65(64-80-72-71(79)70(78)69(77)67(63-74)81-72)66(75)61-59-57-55-53-51-49-47-45-43-41-39-37-35-30-28-26-24-22-20-18-16-14-12-10-8-6-4-2/h15,17,21,23,27,29,59,61,65-67,69-72,74-75,77-79H,3-14,16,18-20,22,24-26,28,30-58,60,62-64H2,1-2H3,(H,73,76)/b17-15-,23-21-,29-27-,61-59+. The van der Waals surface area contributed by atoms with E-state index in [1.54, 1.807) is 6.08 Å². The lowest BCUT2D eigenvalue weighted by atomic mass is 9.99. The molecule has 0 radical (unpaired) electrons. The molecule has 1 aliphatic heterocycles. The van der Waals surface area contributed by atoms with Crippen molar-refractivity contribution in [2.75, 3.05) is 13.2 Å². The van der Waals surface area contributed by atoms with Gasteiger partial charge in [-0.3, -0.25) is 4.79 Å². The van der Waals surface area contributed by atoms with E-state index in [1.165, 1.54) is 276 Å². The second kappa shape index (κ2) is 61.2. The molecule has 81 heavy (non-hydrogen) atoms. The smallest absolute Gasteiger partial charge is 0.220 e. The molecule has 0 spiro atoms. The van der Waals surface area contributed by atoms with Gasteiger partial charge < -0.3 is 40.3 Å². The fourth-order valence-electron chi connectivity index (χ4n) is 11.3. The predicted octanol–water partition coefficient (Wildman–Crippen LogP) is 19.2. The first-order valence-corrected chi connectivity index (χ1v) is 35.4. The summed E-state index contributed by atoms with van der Waals surface area (Å²) in [5.74, 6) is -0.172. The summed E-state index contributed by atoms with van der Waals surface area (Å²) in [5, 5.41) is 54.8. The number of nitrogens with one attached hydrogen (secondary N) is 1. The third kappa shape index (κ3) is 50.1. The quantitative estimate of drug-likeness (QED) is 0.0261. The molecule has 1 heterocycles. The Morgan fingerprint density at radius 1 is 0.420 bits per heavy atom. The van der Waals surface area contributed by atoms with Crippen molar-refractivity contribution in [1.82, 2.24) is 5.32 Å². The molecule has 7 atom stereocenters. The van der Waals surface area contributed by atoms with Gasteiger partial charge in [0.05, 0.1) is 25.4 Å². The van der Waals surface area contributed by atoms with Crippen molar-refractivity contribution in [1.29, 1.82) is 0 Å². The van der Waals surface area contributed by atoms with Gasteiger partial charge in [0.25, 0.3) is 0 Å². The van der Waals surface area contributed by atoms with Crippen molar-refractivity contribution < 1.29 is 39.8 Å². The monoisotopic (exact) mass is 1140 g/mol. The summed E-state index contributed by atoms with van der Waals surface area (Å²) in [6, 6.07) is -0.807. The number of ether oxygens (including phenoxy) is 2. The van der Waals surface area contributed by atoms with Crippen LogP contribution in [0, 0.1) is 0 Å². The summed E-state index contributed by atoms with van der Waals surface area (Å²) in [7, 11) is 0. The van der Waals surface area contributed by atoms with Crippen LogP contribution in [-0.4, -0.2) is 87.5 Å². The Bertz CT molecular complexity index is 1420. The van der Waals surface area contributed by atoms with Crippen LogP contribution in [0.3, 0.4) is 0 Å². The number of aliphatic hydroxyl groups excluding tert-OH is 5. The highest BCUT2D eigenvalue weighted by molar-refractivity contribution is 5.76. The Kier molecular flexibility index (Phi) is 58.3. The van der Waals surface area contributed by atoms with E-state index in [4.69, 9.17) is 9.47 Å². The lowest BCUT2D eigenvalue weighted by molar-refractivity contribution is -0.302. The van der Waals surface area contributed by atoms with Crippen LogP contribution in [0.4, 0.5) is 0 Å². The molecule has 1 amide bonds. The molecule has 0 aromatic heterocycles. The molecule has 6 N–H and O–H groups in total. The number of aliphatic hydroxyl groups is 5. The van der Waals surface area contributed by atoms with Gasteiger partial charge >= 0.3 is 0 Å². The zero-order valence-electron chi connectivity index (χ0n) is 53.3. The molecule has 1 saturated heterocycles. The third-order valence-electron chi connectivity index (χ3n) is 16.9. The maximum Gasteiger partial charge on any atom is 0.220 e. The summed E-state index contributed by atoms with van der Waals surface area (Å²) in [6.07, 6.45) is 76.4. The highest BCUT2D eigenvalue weighted by atomic mass is 16.7. The van der Waals surface area contributed by atoms with Crippen molar-refractivity contribution in [2.24, 2.45) is 0 Å². The first-order chi connectivity index (χ1) is 39.8. The molecule has 1 aliphatic rings. The molecule has 0 bridgehead atoms. The van der Waals surface area contributed by atoms with Crippen molar-refractivity contribution >= 4 is 5.91 Å². The number of carbonyl (C=O) groups excluding carboxylic acids is 1. The number of unbranched alkanes of at least 4 members (excludes halogenated alkanes) is 46. The van der Waals surface area contributed by atoms with Crippen LogP contribution in [0.15, 0.2) is 48.6 Å². The normalized spacial score (nSPS) is 18.6. The number of allylic oxidation sites excluding steroid dienone is 7. The average Bonchev–Trinajstić information content (AvgIpc) is 3.47. The van der Waals surface area contributed by atoms with E-state index < -0.39 is 49.5 Å². The first kappa shape index (κ1) is 77.2. The lowest BCUT2D eigenvalue weighted by Crippen LogP contribution is -2.60.